The fourth-order valence-corrected chi connectivity index (χ4v) is 3.50. The first kappa shape index (κ1) is 16.4. The Morgan fingerprint density at radius 1 is 1.33 bits per heavy atom. The Morgan fingerprint density at radius 2 is 2.00 bits per heavy atom. The normalized spacial score (nSPS) is 27.6. The van der Waals surface area contributed by atoms with Crippen molar-refractivity contribution in [2.24, 2.45) is 5.92 Å². The van der Waals surface area contributed by atoms with Crippen LogP contribution < -0.4 is 5.32 Å². The molecule has 1 saturated carbocycles. The quantitative estimate of drug-likeness (QED) is 0.879. The summed E-state index contributed by atoms with van der Waals surface area (Å²) in [5.74, 6) is -0.911. The molecule has 1 N–H and O–H groups in total. The van der Waals surface area contributed by atoms with Gasteiger partial charge in [0.15, 0.2) is 11.6 Å². The number of hydrogen-bond donors (Lipinski definition) is 1. The highest BCUT2D eigenvalue weighted by atomic mass is 19.2. The van der Waals surface area contributed by atoms with Crippen LogP contribution in [-0.4, -0.2) is 19.3 Å². The smallest absolute Gasteiger partial charge is 0.163 e. The molecule has 1 fully saturated rings. The van der Waals surface area contributed by atoms with Crippen LogP contribution in [0, 0.1) is 17.6 Å². The van der Waals surface area contributed by atoms with Crippen molar-refractivity contribution in [1.29, 1.82) is 0 Å². The summed E-state index contributed by atoms with van der Waals surface area (Å²) < 4.78 is 33.9. The van der Waals surface area contributed by atoms with Crippen molar-refractivity contribution in [3.8, 4) is 0 Å². The predicted octanol–water partition coefficient (Wildman–Crippen LogP) is 4.21. The molecule has 1 aliphatic carbocycles. The maximum absolute atomic E-state index is 14.2. The molecule has 4 heteroatoms. The van der Waals surface area contributed by atoms with Crippen molar-refractivity contribution in [3.63, 3.8) is 0 Å². The van der Waals surface area contributed by atoms with Crippen LogP contribution in [0.4, 0.5) is 8.78 Å². The highest BCUT2D eigenvalue weighted by Crippen LogP contribution is 2.43. The summed E-state index contributed by atoms with van der Waals surface area (Å²) in [5, 5.41) is 3.16. The van der Waals surface area contributed by atoms with E-state index in [1.54, 1.807) is 19.2 Å². The minimum Gasteiger partial charge on any atom is -0.373 e. The molecular weight excluding hydrogens is 272 g/mol. The van der Waals surface area contributed by atoms with Gasteiger partial charge in [0.1, 0.15) is 0 Å². The topological polar surface area (TPSA) is 21.3 Å². The van der Waals surface area contributed by atoms with Crippen molar-refractivity contribution < 1.29 is 13.5 Å². The molecule has 0 amide bonds. The summed E-state index contributed by atoms with van der Waals surface area (Å²) in [7, 11) is 1.79. The SMILES string of the molecule is CCOC1(C(NC)c2cccc(F)c2F)CCC(C)CC1. The molecule has 2 nitrogen and oxygen atoms in total. The maximum atomic E-state index is 14.2. The number of ether oxygens (including phenoxy) is 1. The van der Waals surface area contributed by atoms with Gasteiger partial charge in [-0.2, -0.15) is 0 Å². The van der Waals surface area contributed by atoms with Gasteiger partial charge in [0, 0.05) is 12.2 Å². The van der Waals surface area contributed by atoms with E-state index >= 15 is 0 Å². The molecule has 1 atom stereocenters. The first-order valence-corrected chi connectivity index (χ1v) is 7.79. The minimum atomic E-state index is -0.802. The molecule has 118 valence electrons. The molecule has 0 spiro atoms. The maximum Gasteiger partial charge on any atom is 0.163 e. The molecule has 0 heterocycles. The van der Waals surface area contributed by atoms with Gasteiger partial charge in [-0.3, -0.25) is 0 Å². The summed E-state index contributed by atoms with van der Waals surface area (Å²) in [5.41, 5.74) is -0.0921. The molecule has 0 aromatic heterocycles. The van der Waals surface area contributed by atoms with Crippen molar-refractivity contribution in [1.82, 2.24) is 5.32 Å². The van der Waals surface area contributed by atoms with Gasteiger partial charge in [-0.25, -0.2) is 8.78 Å². The van der Waals surface area contributed by atoms with E-state index in [1.165, 1.54) is 0 Å². The van der Waals surface area contributed by atoms with Crippen molar-refractivity contribution in [3.05, 3.63) is 35.4 Å². The summed E-state index contributed by atoms with van der Waals surface area (Å²) >= 11 is 0. The second kappa shape index (κ2) is 6.84. The van der Waals surface area contributed by atoms with Crippen LogP contribution in [0.25, 0.3) is 0 Å². The average molecular weight is 297 g/mol. The zero-order valence-corrected chi connectivity index (χ0v) is 13.1. The van der Waals surface area contributed by atoms with E-state index in [9.17, 15) is 8.78 Å². The lowest BCUT2D eigenvalue weighted by atomic mass is 9.73. The van der Waals surface area contributed by atoms with E-state index in [0.717, 1.165) is 31.7 Å². The lowest BCUT2D eigenvalue weighted by molar-refractivity contribution is -0.0969. The Morgan fingerprint density at radius 3 is 2.57 bits per heavy atom. The Labute approximate surface area is 125 Å². The molecule has 0 radical (unpaired) electrons. The highest BCUT2D eigenvalue weighted by molar-refractivity contribution is 5.26. The van der Waals surface area contributed by atoms with Gasteiger partial charge in [-0.15, -0.1) is 0 Å². The van der Waals surface area contributed by atoms with Crippen LogP contribution in [0.5, 0.6) is 0 Å². The number of nitrogens with one attached hydrogen (secondary N) is 1. The van der Waals surface area contributed by atoms with Crippen LogP contribution in [0.1, 0.15) is 51.1 Å². The van der Waals surface area contributed by atoms with Crippen molar-refractivity contribution >= 4 is 0 Å². The van der Waals surface area contributed by atoms with E-state index in [4.69, 9.17) is 4.74 Å². The third kappa shape index (κ3) is 3.27. The molecule has 21 heavy (non-hydrogen) atoms. The Balaban J connectivity index is 2.38. The lowest BCUT2D eigenvalue weighted by Crippen LogP contribution is -2.48. The largest absolute Gasteiger partial charge is 0.373 e. The second-order valence-electron chi connectivity index (χ2n) is 6.05. The molecule has 0 bridgehead atoms. The third-order valence-corrected chi connectivity index (χ3v) is 4.66. The average Bonchev–Trinajstić information content (AvgIpc) is 2.47. The number of hydrogen-bond acceptors (Lipinski definition) is 2. The number of halogens is 2. The van der Waals surface area contributed by atoms with E-state index in [0.29, 0.717) is 18.1 Å². The zero-order chi connectivity index (χ0) is 15.5. The number of benzene rings is 1. The van der Waals surface area contributed by atoms with Crippen LogP contribution in [0.3, 0.4) is 0 Å². The van der Waals surface area contributed by atoms with Gasteiger partial charge >= 0.3 is 0 Å². The monoisotopic (exact) mass is 297 g/mol. The standard InChI is InChI=1S/C17H25F2NO/c1-4-21-17(10-8-12(2)9-11-17)16(20-3)13-6-5-7-14(18)15(13)19/h5-7,12,16,20H,4,8-11H2,1-3H3. The molecule has 1 aromatic carbocycles. The Kier molecular flexibility index (Phi) is 5.33. The Hall–Kier alpha value is -1.00. The molecule has 2 rings (SSSR count). The number of likely N-dealkylation sites (N-methyl/N-ethyl adjacent to an activating group) is 1. The van der Waals surface area contributed by atoms with Crippen LogP contribution in [-0.2, 0) is 4.74 Å². The van der Waals surface area contributed by atoms with Crippen molar-refractivity contribution in [2.45, 2.75) is 51.2 Å². The van der Waals surface area contributed by atoms with Crippen LogP contribution in [0.2, 0.25) is 0 Å². The summed E-state index contributed by atoms with van der Waals surface area (Å²) in [6.45, 7) is 4.75. The lowest BCUT2D eigenvalue weighted by Gasteiger charge is -2.45. The van der Waals surface area contributed by atoms with Crippen LogP contribution >= 0.6 is 0 Å². The zero-order valence-electron chi connectivity index (χ0n) is 13.1. The summed E-state index contributed by atoms with van der Waals surface area (Å²) in [6, 6.07) is 4.03. The molecule has 1 unspecified atom stereocenters. The van der Waals surface area contributed by atoms with Gasteiger partial charge in [-0.05, 0) is 51.6 Å². The van der Waals surface area contributed by atoms with E-state index in [2.05, 4.69) is 12.2 Å². The summed E-state index contributed by atoms with van der Waals surface area (Å²) in [6.07, 6.45) is 3.83. The minimum absolute atomic E-state index is 0.333. The van der Waals surface area contributed by atoms with Gasteiger partial charge in [0.2, 0.25) is 0 Å². The second-order valence-corrected chi connectivity index (χ2v) is 6.05. The fourth-order valence-electron chi connectivity index (χ4n) is 3.50. The van der Waals surface area contributed by atoms with Crippen LogP contribution in [0.15, 0.2) is 18.2 Å². The van der Waals surface area contributed by atoms with E-state index < -0.39 is 17.2 Å². The van der Waals surface area contributed by atoms with Crippen molar-refractivity contribution in [2.75, 3.05) is 13.7 Å². The van der Waals surface area contributed by atoms with E-state index in [-0.39, 0.29) is 6.04 Å². The first-order valence-electron chi connectivity index (χ1n) is 7.79. The highest BCUT2D eigenvalue weighted by Gasteiger charge is 2.43. The molecule has 1 aliphatic rings. The third-order valence-electron chi connectivity index (χ3n) is 4.66. The Bertz CT molecular complexity index is 470. The molecule has 0 aliphatic heterocycles. The van der Waals surface area contributed by atoms with Gasteiger partial charge in [0.25, 0.3) is 0 Å². The predicted molar refractivity (Wildman–Crippen MR) is 80.1 cm³/mol. The molecular formula is C17H25F2NO. The van der Waals surface area contributed by atoms with Gasteiger partial charge < -0.3 is 10.1 Å². The van der Waals surface area contributed by atoms with E-state index in [1.807, 2.05) is 6.92 Å². The summed E-state index contributed by atoms with van der Waals surface area (Å²) in [4.78, 5) is 0. The van der Waals surface area contributed by atoms with Gasteiger partial charge in [-0.1, -0.05) is 19.1 Å². The first-order chi connectivity index (χ1) is 10.0. The molecule has 0 saturated heterocycles. The fraction of sp³-hybridized carbons (Fsp3) is 0.647. The number of rotatable bonds is 5. The molecule has 1 aromatic rings. The van der Waals surface area contributed by atoms with Gasteiger partial charge in [0.05, 0.1) is 11.6 Å².